The lowest BCUT2D eigenvalue weighted by atomic mass is 10.0. The fourth-order valence-corrected chi connectivity index (χ4v) is 2.97. The summed E-state index contributed by atoms with van der Waals surface area (Å²) in [5, 5.41) is 9.41. The van der Waals surface area contributed by atoms with E-state index < -0.39 is 17.3 Å². The molecule has 1 fully saturated rings. The third kappa shape index (κ3) is 2.03. The number of ether oxygens (including phenoxy) is 1. The highest BCUT2D eigenvalue weighted by Gasteiger charge is 2.26. The summed E-state index contributed by atoms with van der Waals surface area (Å²) < 4.78 is 20.7. The van der Waals surface area contributed by atoms with Crippen LogP contribution in [-0.2, 0) is 4.74 Å². The Hall–Kier alpha value is -2.21. The number of fused-ring (bicyclic) bond motifs is 1. The fraction of sp³-hybridized carbons (Fsp3) is 0.333. The van der Waals surface area contributed by atoms with E-state index in [1.165, 1.54) is 22.8 Å². The highest BCUT2D eigenvalue weighted by molar-refractivity contribution is 6.04. The molecule has 2 heterocycles. The van der Waals surface area contributed by atoms with Gasteiger partial charge in [-0.25, -0.2) is 9.18 Å². The average molecular weight is 291 g/mol. The predicted octanol–water partition coefficient (Wildman–Crippen LogP) is 2.11. The molecule has 1 aromatic heterocycles. The number of carbonyl (C=O) groups is 1. The van der Waals surface area contributed by atoms with Crippen LogP contribution >= 0.6 is 0 Å². The van der Waals surface area contributed by atoms with E-state index in [9.17, 15) is 19.1 Å². The van der Waals surface area contributed by atoms with E-state index in [2.05, 4.69) is 0 Å². The van der Waals surface area contributed by atoms with Crippen LogP contribution in [0.25, 0.3) is 10.8 Å². The van der Waals surface area contributed by atoms with Crippen LogP contribution in [0, 0.1) is 12.7 Å². The Morgan fingerprint density at radius 3 is 2.86 bits per heavy atom. The van der Waals surface area contributed by atoms with E-state index in [0.717, 1.165) is 0 Å². The van der Waals surface area contributed by atoms with E-state index in [1.807, 2.05) is 0 Å². The number of benzene rings is 1. The minimum Gasteiger partial charge on any atom is -0.478 e. The number of halogens is 1. The van der Waals surface area contributed by atoms with E-state index in [4.69, 9.17) is 4.74 Å². The first-order valence-corrected chi connectivity index (χ1v) is 6.66. The van der Waals surface area contributed by atoms with Crippen molar-refractivity contribution in [3.63, 3.8) is 0 Å². The molecule has 1 saturated heterocycles. The summed E-state index contributed by atoms with van der Waals surface area (Å²) in [6.45, 7) is 2.42. The van der Waals surface area contributed by atoms with Gasteiger partial charge in [-0.2, -0.15) is 0 Å². The molecule has 21 heavy (non-hydrogen) atoms. The maximum Gasteiger partial charge on any atom is 0.338 e. The van der Waals surface area contributed by atoms with Gasteiger partial charge in [-0.05, 0) is 19.4 Å². The first kappa shape index (κ1) is 13.8. The normalized spacial score (nSPS) is 18.3. The first-order chi connectivity index (χ1) is 10.0. The molecular formula is C15H14FNO4. The molecule has 0 radical (unpaired) electrons. The molecule has 110 valence electrons. The van der Waals surface area contributed by atoms with E-state index in [-0.39, 0.29) is 22.4 Å². The second kappa shape index (κ2) is 4.96. The summed E-state index contributed by atoms with van der Waals surface area (Å²) in [5.41, 5.74) is -0.196. The highest BCUT2D eigenvalue weighted by atomic mass is 19.1. The zero-order chi connectivity index (χ0) is 15.1. The predicted molar refractivity (Wildman–Crippen MR) is 74.3 cm³/mol. The lowest BCUT2D eigenvalue weighted by Crippen LogP contribution is -2.30. The van der Waals surface area contributed by atoms with Gasteiger partial charge in [0, 0.05) is 17.7 Å². The molecule has 1 aliphatic heterocycles. The molecule has 1 atom stereocenters. The van der Waals surface area contributed by atoms with Crippen molar-refractivity contribution in [2.75, 3.05) is 13.2 Å². The van der Waals surface area contributed by atoms with Crippen molar-refractivity contribution in [3.05, 3.63) is 45.6 Å². The summed E-state index contributed by atoms with van der Waals surface area (Å²) in [6, 6.07) is 3.79. The van der Waals surface area contributed by atoms with Gasteiger partial charge in [-0.1, -0.05) is 12.1 Å². The largest absolute Gasteiger partial charge is 0.478 e. The molecule has 1 aliphatic rings. The molecule has 0 bridgehead atoms. The van der Waals surface area contributed by atoms with Crippen molar-refractivity contribution in [3.8, 4) is 0 Å². The van der Waals surface area contributed by atoms with Crippen LogP contribution in [0.4, 0.5) is 4.39 Å². The fourth-order valence-electron chi connectivity index (χ4n) is 2.97. The quantitative estimate of drug-likeness (QED) is 0.920. The summed E-state index contributed by atoms with van der Waals surface area (Å²) >= 11 is 0. The van der Waals surface area contributed by atoms with Crippen molar-refractivity contribution >= 4 is 16.7 Å². The summed E-state index contributed by atoms with van der Waals surface area (Å²) in [7, 11) is 0. The van der Waals surface area contributed by atoms with E-state index in [0.29, 0.717) is 25.3 Å². The number of hydrogen-bond donors (Lipinski definition) is 1. The number of pyridine rings is 1. The van der Waals surface area contributed by atoms with Crippen LogP contribution in [0.2, 0.25) is 0 Å². The zero-order valence-corrected chi connectivity index (χ0v) is 11.4. The number of aromatic carboxylic acids is 1. The number of carboxylic acids is 1. The zero-order valence-electron chi connectivity index (χ0n) is 11.4. The molecule has 0 aliphatic carbocycles. The van der Waals surface area contributed by atoms with Crippen LogP contribution in [0.5, 0.6) is 0 Å². The maximum atomic E-state index is 14.1. The van der Waals surface area contributed by atoms with E-state index in [1.54, 1.807) is 6.92 Å². The van der Waals surface area contributed by atoms with Gasteiger partial charge in [0.05, 0.1) is 23.6 Å². The molecule has 1 unspecified atom stereocenters. The van der Waals surface area contributed by atoms with Crippen LogP contribution in [0.15, 0.2) is 23.0 Å². The second-order valence-electron chi connectivity index (χ2n) is 5.12. The Morgan fingerprint density at radius 1 is 1.48 bits per heavy atom. The second-order valence-corrected chi connectivity index (χ2v) is 5.12. The van der Waals surface area contributed by atoms with Crippen LogP contribution in [0.1, 0.15) is 28.5 Å². The first-order valence-electron chi connectivity index (χ1n) is 6.66. The van der Waals surface area contributed by atoms with E-state index >= 15 is 0 Å². The molecule has 2 aromatic rings. The van der Waals surface area contributed by atoms with Gasteiger partial charge < -0.3 is 14.4 Å². The lowest BCUT2D eigenvalue weighted by Gasteiger charge is -2.19. The summed E-state index contributed by atoms with van der Waals surface area (Å²) in [6.07, 6.45) is 0.611. The monoisotopic (exact) mass is 291 g/mol. The molecule has 1 N–H and O–H groups in total. The van der Waals surface area contributed by atoms with Gasteiger partial charge in [0.2, 0.25) is 0 Å². The van der Waals surface area contributed by atoms with Gasteiger partial charge in [0.1, 0.15) is 5.82 Å². The molecule has 0 saturated carbocycles. The standard InChI is InChI=1S/C15H14FNO4/c1-8-12(15(19)20)10-3-2-4-11(16)13(10)14(18)17(8)9-5-6-21-7-9/h2-4,9H,5-7H2,1H3,(H,19,20). The Morgan fingerprint density at radius 2 is 2.24 bits per heavy atom. The van der Waals surface area contributed by atoms with Crippen molar-refractivity contribution in [1.82, 2.24) is 4.57 Å². The van der Waals surface area contributed by atoms with Gasteiger partial charge in [-0.3, -0.25) is 4.79 Å². The van der Waals surface area contributed by atoms with Crippen molar-refractivity contribution in [1.29, 1.82) is 0 Å². The lowest BCUT2D eigenvalue weighted by molar-refractivity contribution is 0.0696. The van der Waals surface area contributed by atoms with Gasteiger partial charge in [-0.15, -0.1) is 0 Å². The van der Waals surface area contributed by atoms with Crippen molar-refractivity contribution in [2.24, 2.45) is 0 Å². The van der Waals surface area contributed by atoms with Crippen LogP contribution < -0.4 is 5.56 Å². The average Bonchev–Trinajstić information content (AvgIpc) is 2.92. The third-order valence-corrected chi connectivity index (χ3v) is 3.92. The molecule has 5 nitrogen and oxygen atoms in total. The molecule has 6 heteroatoms. The minimum absolute atomic E-state index is 0.0315. The number of rotatable bonds is 2. The van der Waals surface area contributed by atoms with Crippen molar-refractivity contribution < 1.29 is 19.0 Å². The van der Waals surface area contributed by atoms with Gasteiger partial charge >= 0.3 is 5.97 Å². The number of hydrogen-bond acceptors (Lipinski definition) is 3. The van der Waals surface area contributed by atoms with Gasteiger partial charge in [0.15, 0.2) is 0 Å². The summed E-state index contributed by atoms with van der Waals surface area (Å²) in [4.78, 5) is 24.2. The SMILES string of the molecule is Cc1c(C(=O)O)c2cccc(F)c2c(=O)n1C1CCOC1. The van der Waals surface area contributed by atoms with Crippen LogP contribution in [0.3, 0.4) is 0 Å². The smallest absolute Gasteiger partial charge is 0.338 e. The number of aromatic nitrogens is 1. The summed E-state index contributed by atoms with van der Waals surface area (Å²) in [5.74, 6) is -1.87. The van der Waals surface area contributed by atoms with Crippen LogP contribution in [-0.4, -0.2) is 28.9 Å². The number of carboxylic acid groups (broad SMARTS) is 1. The Labute approximate surface area is 119 Å². The molecule has 0 amide bonds. The number of nitrogens with zero attached hydrogens (tertiary/aromatic N) is 1. The topological polar surface area (TPSA) is 68.5 Å². The van der Waals surface area contributed by atoms with Crippen molar-refractivity contribution in [2.45, 2.75) is 19.4 Å². The minimum atomic E-state index is -1.17. The molecule has 0 spiro atoms. The third-order valence-electron chi connectivity index (χ3n) is 3.92. The highest BCUT2D eigenvalue weighted by Crippen LogP contribution is 2.26. The molecule has 3 rings (SSSR count). The Bertz CT molecular complexity index is 790. The Kier molecular flexibility index (Phi) is 3.25. The Balaban J connectivity index is 2.46. The van der Waals surface area contributed by atoms with Gasteiger partial charge in [0.25, 0.3) is 5.56 Å². The molecule has 1 aromatic carbocycles. The maximum absolute atomic E-state index is 14.1. The molecular weight excluding hydrogens is 277 g/mol.